The van der Waals surface area contributed by atoms with Crippen LogP contribution in [0, 0.1) is 0 Å². The van der Waals surface area contributed by atoms with Gasteiger partial charge in [-0.1, -0.05) is 30.3 Å². The molecule has 1 aliphatic rings. The average Bonchev–Trinajstić information content (AvgIpc) is 2.76. The van der Waals surface area contributed by atoms with Gasteiger partial charge in [-0.05, 0) is 23.4 Å². The average molecular weight is 320 g/mol. The van der Waals surface area contributed by atoms with Crippen molar-refractivity contribution in [2.24, 2.45) is 0 Å². The van der Waals surface area contributed by atoms with Crippen LogP contribution in [0.25, 0.3) is 6.08 Å². The molecule has 0 aromatic heterocycles. The first kappa shape index (κ1) is 16.3. The molecule has 0 spiro atoms. The lowest BCUT2D eigenvalue weighted by atomic mass is 10.2. The van der Waals surface area contributed by atoms with Crippen molar-refractivity contribution in [3.8, 4) is 0 Å². The van der Waals surface area contributed by atoms with E-state index in [0.29, 0.717) is 18.1 Å². The molecule has 0 saturated carbocycles. The molecular formula is C15H16N2O4S. The van der Waals surface area contributed by atoms with Gasteiger partial charge in [0, 0.05) is 13.7 Å². The number of benzene rings is 1. The SMILES string of the molecule is COCCNC(=O)CN1C(=O)S/C(=C/c2ccccc2)C1=O. The molecule has 0 unspecified atom stereocenters. The summed E-state index contributed by atoms with van der Waals surface area (Å²) in [5, 5.41) is 2.14. The Labute approximate surface area is 132 Å². The first-order valence-corrected chi connectivity index (χ1v) is 7.49. The van der Waals surface area contributed by atoms with Crippen LogP contribution in [0.3, 0.4) is 0 Å². The first-order valence-electron chi connectivity index (χ1n) is 6.68. The van der Waals surface area contributed by atoms with Crippen molar-refractivity contribution in [3.05, 3.63) is 40.8 Å². The molecule has 1 heterocycles. The van der Waals surface area contributed by atoms with E-state index in [1.54, 1.807) is 6.08 Å². The van der Waals surface area contributed by atoms with Crippen molar-refractivity contribution in [1.82, 2.24) is 10.2 Å². The highest BCUT2D eigenvalue weighted by atomic mass is 32.2. The predicted octanol–water partition coefficient (Wildman–Crippen LogP) is 1.49. The van der Waals surface area contributed by atoms with Gasteiger partial charge in [0.05, 0.1) is 11.5 Å². The maximum Gasteiger partial charge on any atom is 0.294 e. The van der Waals surface area contributed by atoms with Crippen molar-refractivity contribution in [1.29, 1.82) is 0 Å². The maximum absolute atomic E-state index is 12.2. The zero-order valence-electron chi connectivity index (χ0n) is 12.1. The van der Waals surface area contributed by atoms with Gasteiger partial charge in [0.2, 0.25) is 5.91 Å². The summed E-state index contributed by atoms with van der Waals surface area (Å²) in [4.78, 5) is 37.0. The second-order valence-electron chi connectivity index (χ2n) is 4.52. The van der Waals surface area contributed by atoms with Gasteiger partial charge in [0.1, 0.15) is 6.54 Å². The Hall–Kier alpha value is -2.12. The third kappa shape index (κ3) is 4.19. The monoisotopic (exact) mass is 320 g/mol. The van der Waals surface area contributed by atoms with Crippen LogP contribution in [-0.2, 0) is 14.3 Å². The maximum atomic E-state index is 12.2. The van der Waals surface area contributed by atoms with Crippen LogP contribution >= 0.6 is 11.8 Å². The number of nitrogens with zero attached hydrogens (tertiary/aromatic N) is 1. The van der Waals surface area contributed by atoms with Gasteiger partial charge in [-0.3, -0.25) is 19.3 Å². The molecule has 7 heteroatoms. The van der Waals surface area contributed by atoms with E-state index in [1.165, 1.54) is 7.11 Å². The third-order valence-electron chi connectivity index (χ3n) is 2.90. The Morgan fingerprint density at radius 1 is 1.32 bits per heavy atom. The molecule has 0 bridgehead atoms. The second-order valence-corrected chi connectivity index (χ2v) is 5.51. The quantitative estimate of drug-likeness (QED) is 0.635. The normalized spacial score (nSPS) is 16.4. The van der Waals surface area contributed by atoms with Crippen molar-refractivity contribution in [2.45, 2.75) is 0 Å². The van der Waals surface area contributed by atoms with E-state index in [2.05, 4.69) is 5.32 Å². The lowest BCUT2D eigenvalue weighted by molar-refractivity contribution is -0.129. The molecule has 1 saturated heterocycles. The van der Waals surface area contributed by atoms with Crippen LogP contribution in [0.15, 0.2) is 35.2 Å². The lowest BCUT2D eigenvalue weighted by Crippen LogP contribution is -2.40. The molecule has 0 aliphatic carbocycles. The van der Waals surface area contributed by atoms with E-state index in [0.717, 1.165) is 22.2 Å². The van der Waals surface area contributed by atoms with Crippen molar-refractivity contribution >= 4 is 34.9 Å². The second kappa shape index (κ2) is 7.77. The molecule has 6 nitrogen and oxygen atoms in total. The summed E-state index contributed by atoms with van der Waals surface area (Å²) >= 11 is 0.841. The van der Waals surface area contributed by atoms with Crippen molar-refractivity contribution in [2.75, 3.05) is 26.8 Å². The summed E-state index contributed by atoms with van der Waals surface area (Å²) in [6.07, 6.45) is 1.65. The Morgan fingerprint density at radius 2 is 2.05 bits per heavy atom. The fraction of sp³-hybridized carbons (Fsp3) is 0.267. The minimum Gasteiger partial charge on any atom is -0.383 e. The number of nitrogens with one attached hydrogen (secondary N) is 1. The molecule has 0 radical (unpaired) electrons. The summed E-state index contributed by atoms with van der Waals surface area (Å²) in [6, 6.07) is 9.24. The molecule has 1 aromatic carbocycles. The van der Waals surface area contributed by atoms with E-state index < -0.39 is 11.1 Å². The fourth-order valence-electron chi connectivity index (χ4n) is 1.83. The van der Waals surface area contributed by atoms with Crippen LogP contribution < -0.4 is 5.32 Å². The molecule has 3 amide bonds. The zero-order chi connectivity index (χ0) is 15.9. The van der Waals surface area contributed by atoms with Crippen LogP contribution in [0.2, 0.25) is 0 Å². The molecule has 1 N–H and O–H groups in total. The number of amides is 3. The van der Waals surface area contributed by atoms with Gasteiger partial charge in [0.15, 0.2) is 0 Å². The summed E-state index contributed by atoms with van der Waals surface area (Å²) in [5.41, 5.74) is 0.831. The Bertz CT molecular complexity index is 601. The van der Waals surface area contributed by atoms with E-state index in [4.69, 9.17) is 4.74 Å². The lowest BCUT2D eigenvalue weighted by Gasteiger charge is -2.12. The Morgan fingerprint density at radius 3 is 2.73 bits per heavy atom. The molecule has 22 heavy (non-hydrogen) atoms. The summed E-state index contributed by atoms with van der Waals surface area (Å²) in [5.74, 6) is -0.832. The van der Waals surface area contributed by atoms with E-state index >= 15 is 0 Å². The molecule has 116 valence electrons. The molecule has 1 aromatic rings. The van der Waals surface area contributed by atoms with Crippen LogP contribution in [0.4, 0.5) is 4.79 Å². The standard InChI is InChI=1S/C15H16N2O4S/c1-21-8-7-16-13(18)10-17-14(19)12(22-15(17)20)9-11-5-3-2-4-6-11/h2-6,9H,7-8,10H2,1H3,(H,16,18)/b12-9+. The van der Waals surface area contributed by atoms with Gasteiger partial charge in [-0.15, -0.1) is 0 Å². The number of hydrogen-bond donors (Lipinski definition) is 1. The number of methoxy groups -OCH3 is 1. The minimum atomic E-state index is -0.444. The largest absolute Gasteiger partial charge is 0.383 e. The van der Waals surface area contributed by atoms with E-state index in [-0.39, 0.29) is 12.5 Å². The predicted molar refractivity (Wildman–Crippen MR) is 84.0 cm³/mol. The van der Waals surface area contributed by atoms with Gasteiger partial charge in [0.25, 0.3) is 11.1 Å². The Kier molecular flexibility index (Phi) is 5.74. The zero-order valence-corrected chi connectivity index (χ0v) is 12.9. The topological polar surface area (TPSA) is 75.7 Å². The number of thioether (sulfide) groups is 1. The smallest absolute Gasteiger partial charge is 0.294 e. The first-order chi connectivity index (χ1) is 10.6. The molecular weight excluding hydrogens is 304 g/mol. The van der Waals surface area contributed by atoms with Crippen molar-refractivity contribution in [3.63, 3.8) is 0 Å². The summed E-state index contributed by atoms with van der Waals surface area (Å²) in [6.45, 7) is 0.438. The van der Waals surface area contributed by atoms with Gasteiger partial charge < -0.3 is 10.1 Å². The van der Waals surface area contributed by atoms with Crippen molar-refractivity contribution < 1.29 is 19.1 Å². The number of rotatable bonds is 6. The van der Waals surface area contributed by atoms with Crippen LogP contribution in [-0.4, -0.2) is 48.8 Å². The molecule has 1 aliphatic heterocycles. The summed E-state index contributed by atoms with van der Waals surface area (Å²) < 4.78 is 4.81. The third-order valence-corrected chi connectivity index (χ3v) is 3.81. The Balaban J connectivity index is 2.00. The highest BCUT2D eigenvalue weighted by Gasteiger charge is 2.36. The number of carbonyl (C=O) groups excluding carboxylic acids is 3. The number of carbonyl (C=O) groups is 3. The minimum absolute atomic E-state index is 0.277. The summed E-state index contributed by atoms with van der Waals surface area (Å²) in [7, 11) is 1.52. The van der Waals surface area contributed by atoms with E-state index in [1.807, 2.05) is 30.3 Å². The highest BCUT2D eigenvalue weighted by Crippen LogP contribution is 2.31. The number of imide groups is 1. The van der Waals surface area contributed by atoms with Gasteiger partial charge in [-0.25, -0.2) is 0 Å². The number of ether oxygens (including phenoxy) is 1. The van der Waals surface area contributed by atoms with Gasteiger partial charge in [-0.2, -0.15) is 0 Å². The molecule has 1 fully saturated rings. The van der Waals surface area contributed by atoms with Crippen LogP contribution in [0.1, 0.15) is 5.56 Å². The van der Waals surface area contributed by atoms with Crippen LogP contribution in [0.5, 0.6) is 0 Å². The van der Waals surface area contributed by atoms with Gasteiger partial charge >= 0.3 is 0 Å². The fourth-order valence-corrected chi connectivity index (χ4v) is 2.67. The molecule has 0 atom stereocenters. The molecule has 2 rings (SSSR count). The number of hydrogen-bond acceptors (Lipinski definition) is 5. The highest BCUT2D eigenvalue weighted by molar-refractivity contribution is 8.18. The van der Waals surface area contributed by atoms with E-state index in [9.17, 15) is 14.4 Å².